The van der Waals surface area contributed by atoms with Crippen LogP contribution in [-0.4, -0.2) is 18.2 Å². The van der Waals surface area contributed by atoms with Crippen LogP contribution in [0.2, 0.25) is 0 Å². The van der Waals surface area contributed by atoms with Crippen molar-refractivity contribution in [1.29, 1.82) is 0 Å². The van der Waals surface area contributed by atoms with E-state index in [9.17, 15) is 30.7 Å². The molecule has 12 heavy (non-hydrogen) atoms. The lowest BCUT2D eigenvalue weighted by molar-refractivity contribution is -0.400. The molecule has 0 aromatic carbocycles. The van der Waals surface area contributed by atoms with Gasteiger partial charge in [-0.3, -0.25) is 3.83 Å². The molecule has 0 atom stereocenters. The Bertz CT molecular complexity index is 145. The van der Waals surface area contributed by atoms with Gasteiger partial charge in [-0.15, -0.1) is 0 Å². The Morgan fingerprint density at radius 3 is 1.00 bits per heavy atom. The zero-order chi connectivity index (χ0) is 10.2. The van der Waals surface area contributed by atoms with E-state index >= 15 is 0 Å². The molecule has 1 nitrogen and oxygen atoms in total. The fourth-order valence-corrected chi connectivity index (χ4v) is 0.615. The van der Waals surface area contributed by atoms with Crippen LogP contribution in [0.5, 0.6) is 0 Å². The molecule has 0 N–H and O–H groups in total. The van der Waals surface area contributed by atoms with Gasteiger partial charge < -0.3 is 0 Å². The molecule has 0 aliphatic rings. The minimum atomic E-state index is -6.17. The van der Waals surface area contributed by atoms with E-state index in [2.05, 4.69) is 3.83 Å². The van der Waals surface area contributed by atoms with Gasteiger partial charge in [0.05, 0.1) is 0 Å². The third-order valence-electron chi connectivity index (χ3n) is 0.836. The molecule has 0 aliphatic carbocycles. The van der Waals surface area contributed by atoms with E-state index in [1.807, 2.05) is 0 Å². The average molecular weight is 265 g/mol. The van der Waals surface area contributed by atoms with E-state index in [0.29, 0.717) is 0 Å². The smallest absolute Gasteiger partial charge is 0.252 e. The fraction of sp³-hybridized carbons (Fsp3) is 1.00. The summed E-state index contributed by atoms with van der Waals surface area (Å²) in [7, 11) is 0. The van der Waals surface area contributed by atoms with Crippen LogP contribution in [0.15, 0.2) is 0 Å². The molecule has 0 aromatic rings. The Morgan fingerprint density at radius 2 is 1.00 bits per heavy atom. The van der Waals surface area contributed by atoms with Gasteiger partial charge >= 0.3 is 18.2 Å². The van der Waals surface area contributed by atoms with Gasteiger partial charge in [0.25, 0.3) is 0 Å². The van der Waals surface area contributed by atoms with Crippen molar-refractivity contribution in [3.8, 4) is 0 Å². The van der Waals surface area contributed by atoms with Gasteiger partial charge in [-0.25, -0.2) is 0 Å². The molecule has 0 heterocycles. The predicted molar refractivity (Wildman–Crippen MR) is 26.0 cm³/mol. The third-order valence-corrected chi connectivity index (χ3v) is 1.28. The van der Waals surface area contributed by atoms with E-state index in [4.69, 9.17) is 0 Å². The SMILES string of the molecule is FC(F)(F)C(F)(OBr)C(F)(F)F. The summed E-state index contributed by atoms with van der Waals surface area (Å²) >= 11 is 1.33. The van der Waals surface area contributed by atoms with Crippen LogP contribution in [0.25, 0.3) is 0 Å². The van der Waals surface area contributed by atoms with Crippen molar-refractivity contribution in [3.63, 3.8) is 0 Å². The molecule has 0 rings (SSSR count). The highest BCUT2D eigenvalue weighted by molar-refractivity contribution is 9.06. The molecular weight excluding hydrogens is 265 g/mol. The van der Waals surface area contributed by atoms with Crippen LogP contribution in [0, 0.1) is 0 Å². The Hall–Kier alpha value is -0.0500. The molecule has 0 fully saturated rings. The van der Waals surface area contributed by atoms with Gasteiger partial charge in [-0.05, 0) is 0 Å². The van der Waals surface area contributed by atoms with Gasteiger partial charge in [-0.2, -0.15) is 30.7 Å². The van der Waals surface area contributed by atoms with Crippen molar-refractivity contribution < 1.29 is 34.6 Å². The second-order valence-electron chi connectivity index (χ2n) is 1.67. The van der Waals surface area contributed by atoms with Crippen LogP contribution in [-0.2, 0) is 3.83 Å². The summed E-state index contributed by atoms with van der Waals surface area (Å²) < 4.78 is 82.7. The number of alkyl halides is 7. The topological polar surface area (TPSA) is 9.23 Å². The second kappa shape index (κ2) is 3.02. The lowest BCUT2D eigenvalue weighted by Crippen LogP contribution is -2.53. The Labute approximate surface area is 69.9 Å². The van der Waals surface area contributed by atoms with E-state index in [1.54, 1.807) is 0 Å². The normalized spacial score (nSPS) is 15.0. The van der Waals surface area contributed by atoms with E-state index < -0.39 is 18.2 Å². The summed E-state index contributed by atoms with van der Waals surface area (Å²) in [5, 5.41) is 0. The second-order valence-corrected chi connectivity index (χ2v) is 1.99. The van der Waals surface area contributed by atoms with Gasteiger partial charge in [0.2, 0.25) is 0 Å². The van der Waals surface area contributed by atoms with Crippen molar-refractivity contribution in [2.24, 2.45) is 0 Å². The largest absolute Gasteiger partial charge is 0.459 e. The van der Waals surface area contributed by atoms with Gasteiger partial charge in [0.15, 0.2) is 0 Å². The number of halogens is 8. The van der Waals surface area contributed by atoms with Crippen LogP contribution >= 0.6 is 16.3 Å². The summed E-state index contributed by atoms with van der Waals surface area (Å²) in [6, 6.07) is 0. The molecule has 0 radical (unpaired) electrons. The fourth-order valence-electron chi connectivity index (χ4n) is 0.248. The summed E-state index contributed by atoms with van der Waals surface area (Å²) in [4.78, 5) is 0. The van der Waals surface area contributed by atoms with E-state index in [-0.39, 0.29) is 0 Å². The summed E-state index contributed by atoms with van der Waals surface area (Å²) in [5.41, 5.74) is 0. The standard InChI is InChI=1S/C3BrF7O/c4-12-1(5,2(6,7)8)3(9,10)11. The van der Waals surface area contributed by atoms with Crippen molar-refractivity contribution in [3.05, 3.63) is 0 Å². The van der Waals surface area contributed by atoms with Crippen molar-refractivity contribution in [2.45, 2.75) is 18.2 Å². The zero-order valence-corrected chi connectivity index (χ0v) is 6.52. The molecule has 74 valence electrons. The maximum Gasteiger partial charge on any atom is 0.459 e. The molecule has 9 heteroatoms. The predicted octanol–water partition coefficient (Wildman–Crippen LogP) is 3.10. The highest BCUT2D eigenvalue weighted by atomic mass is 79.9. The van der Waals surface area contributed by atoms with Crippen molar-refractivity contribution >= 4 is 16.3 Å². The highest BCUT2D eigenvalue weighted by Crippen LogP contribution is 2.47. The van der Waals surface area contributed by atoms with Crippen LogP contribution in [0.1, 0.15) is 0 Å². The van der Waals surface area contributed by atoms with Gasteiger partial charge in [0, 0.05) is 0 Å². The molecule has 0 unspecified atom stereocenters. The first kappa shape index (κ1) is 11.9. The Morgan fingerprint density at radius 1 is 0.750 bits per heavy atom. The lowest BCUT2D eigenvalue weighted by Gasteiger charge is -2.26. The number of hydrogen-bond donors (Lipinski definition) is 0. The summed E-state index contributed by atoms with van der Waals surface area (Å²) in [6.07, 6.45) is -12.3. The zero-order valence-electron chi connectivity index (χ0n) is 4.93. The lowest BCUT2D eigenvalue weighted by atomic mass is 10.3. The molecule has 0 amide bonds. The highest BCUT2D eigenvalue weighted by Gasteiger charge is 2.74. The monoisotopic (exact) mass is 264 g/mol. The molecule has 0 bridgehead atoms. The molecule has 0 saturated heterocycles. The summed E-state index contributed by atoms with van der Waals surface area (Å²) in [5.74, 6) is -5.67. The number of rotatable bonds is 1. The van der Waals surface area contributed by atoms with E-state index in [0.717, 1.165) is 0 Å². The average Bonchev–Trinajstić information content (AvgIpc) is 1.81. The molecule has 0 saturated carbocycles. The first-order chi connectivity index (χ1) is 5.06. The number of hydrogen-bond acceptors (Lipinski definition) is 1. The third kappa shape index (κ3) is 1.82. The minimum absolute atomic E-state index is 1.33. The Kier molecular flexibility index (Phi) is 3.01. The van der Waals surface area contributed by atoms with Gasteiger partial charge in [0.1, 0.15) is 16.3 Å². The summed E-state index contributed by atoms with van der Waals surface area (Å²) in [6.45, 7) is 0. The van der Waals surface area contributed by atoms with E-state index in [1.165, 1.54) is 16.3 Å². The first-order valence-electron chi connectivity index (χ1n) is 2.18. The molecule has 0 aliphatic heterocycles. The van der Waals surface area contributed by atoms with Crippen LogP contribution < -0.4 is 0 Å². The molecule has 0 spiro atoms. The van der Waals surface area contributed by atoms with Crippen LogP contribution in [0.4, 0.5) is 30.7 Å². The van der Waals surface area contributed by atoms with Crippen molar-refractivity contribution in [2.75, 3.05) is 0 Å². The quantitative estimate of drug-likeness (QED) is 0.662. The molecular formula is C3BrF7O. The molecule has 0 aromatic heterocycles. The first-order valence-corrected chi connectivity index (χ1v) is 2.83. The van der Waals surface area contributed by atoms with Crippen LogP contribution in [0.3, 0.4) is 0 Å². The van der Waals surface area contributed by atoms with Gasteiger partial charge in [-0.1, -0.05) is 0 Å². The maximum absolute atomic E-state index is 12.0. The Balaban J connectivity index is 4.95. The van der Waals surface area contributed by atoms with Crippen molar-refractivity contribution in [1.82, 2.24) is 0 Å². The maximum atomic E-state index is 12.0. The minimum Gasteiger partial charge on any atom is -0.252 e.